The van der Waals surface area contributed by atoms with Gasteiger partial charge >= 0.3 is 5.97 Å². The molecule has 0 aromatic rings. The largest absolute Gasteiger partial charge is 0.481 e. The fourth-order valence-corrected chi connectivity index (χ4v) is 2.29. The number of carboxylic acid groups (broad SMARTS) is 2. The molecule has 0 aliphatic heterocycles. The molecule has 0 spiro atoms. The number of rotatable bonds is 14. The first-order chi connectivity index (χ1) is 10.5. The molecule has 4 heteroatoms. The second-order valence-corrected chi connectivity index (χ2v) is 5.91. The Balaban J connectivity index is 0. The quantitative estimate of drug-likeness (QED) is 0.406. The highest BCUT2D eigenvalue weighted by Crippen LogP contribution is 2.12. The van der Waals surface area contributed by atoms with E-state index in [-0.39, 0.29) is 0 Å². The minimum atomic E-state index is -0.833. The molecule has 0 aromatic carbocycles. The monoisotopic (exact) mass is 316 g/mol. The molecule has 0 aromatic heterocycles. The number of hydrogen-bond acceptors (Lipinski definition) is 2. The Labute approximate surface area is 136 Å². The molecule has 0 saturated carbocycles. The summed E-state index contributed by atoms with van der Waals surface area (Å²) in [6.45, 7) is 3.34. The van der Waals surface area contributed by atoms with E-state index in [1.165, 1.54) is 70.6 Å². The summed E-state index contributed by atoms with van der Waals surface area (Å²) in [5, 5.41) is 15.9. The Morgan fingerprint density at radius 3 is 1.18 bits per heavy atom. The van der Waals surface area contributed by atoms with Crippen molar-refractivity contribution in [2.24, 2.45) is 0 Å². The molecule has 0 heterocycles. The summed E-state index contributed by atoms with van der Waals surface area (Å²) in [6, 6.07) is 0. The first-order valence-corrected chi connectivity index (χ1v) is 8.92. The van der Waals surface area contributed by atoms with Gasteiger partial charge in [-0.3, -0.25) is 9.59 Å². The summed E-state index contributed by atoms with van der Waals surface area (Å²) in [4.78, 5) is 19.3. The summed E-state index contributed by atoms with van der Waals surface area (Å²) in [5.74, 6) is -1.49. The van der Waals surface area contributed by atoms with Crippen molar-refractivity contribution in [2.45, 2.75) is 104 Å². The van der Waals surface area contributed by atoms with Gasteiger partial charge in [0.05, 0.1) is 0 Å². The number of aliphatic carboxylic acids is 2. The van der Waals surface area contributed by atoms with Crippen LogP contribution in [0.1, 0.15) is 104 Å². The van der Waals surface area contributed by atoms with E-state index in [1.807, 2.05) is 0 Å². The standard InChI is InChI=1S/C16H32O2.C2H4O2/c1-2-3-4-5-6-7-8-9-10-11-12-13-14-15-16(17)18;1-2(3)4/h2-15H2,1H3,(H,17,18);1H3,(H,3,4). The van der Waals surface area contributed by atoms with Crippen molar-refractivity contribution < 1.29 is 19.8 Å². The first kappa shape index (κ1) is 23.2. The third-order valence-corrected chi connectivity index (χ3v) is 3.49. The van der Waals surface area contributed by atoms with Crippen LogP contribution in [0.15, 0.2) is 0 Å². The zero-order valence-electron chi connectivity index (χ0n) is 14.6. The van der Waals surface area contributed by atoms with E-state index < -0.39 is 11.9 Å². The first-order valence-electron chi connectivity index (χ1n) is 8.92. The fourth-order valence-electron chi connectivity index (χ4n) is 2.29. The Bertz CT molecular complexity index is 247. The van der Waals surface area contributed by atoms with E-state index in [0.717, 1.165) is 19.8 Å². The second kappa shape index (κ2) is 19.9. The SMILES string of the molecule is CC(=O)O.CCCCCCCCCCCCCCCC(=O)O. The minimum Gasteiger partial charge on any atom is -0.481 e. The topological polar surface area (TPSA) is 74.6 Å². The average molecular weight is 316 g/mol. The van der Waals surface area contributed by atoms with Crippen molar-refractivity contribution in [3.8, 4) is 0 Å². The highest BCUT2D eigenvalue weighted by Gasteiger charge is 1.96. The average Bonchev–Trinajstić information content (AvgIpc) is 2.43. The molecule has 4 nitrogen and oxygen atoms in total. The Hall–Kier alpha value is -1.06. The van der Waals surface area contributed by atoms with Crippen LogP contribution in [-0.4, -0.2) is 22.2 Å². The van der Waals surface area contributed by atoms with Gasteiger partial charge in [0, 0.05) is 13.3 Å². The van der Waals surface area contributed by atoms with Crippen LogP contribution in [-0.2, 0) is 9.59 Å². The van der Waals surface area contributed by atoms with E-state index in [1.54, 1.807) is 0 Å². The van der Waals surface area contributed by atoms with Gasteiger partial charge in [-0.15, -0.1) is 0 Å². The van der Waals surface area contributed by atoms with Gasteiger partial charge in [0.2, 0.25) is 0 Å². The molecular formula is C18H36O4. The van der Waals surface area contributed by atoms with Crippen LogP contribution in [0.4, 0.5) is 0 Å². The molecule has 0 amide bonds. The number of carboxylic acids is 2. The molecule has 0 fully saturated rings. The lowest BCUT2D eigenvalue weighted by atomic mass is 10.0. The van der Waals surface area contributed by atoms with Crippen molar-refractivity contribution in [1.82, 2.24) is 0 Å². The van der Waals surface area contributed by atoms with Crippen LogP contribution >= 0.6 is 0 Å². The molecule has 22 heavy (non-hydrogen) atoms. The maximum atomic E-state index is 10.3. The van der Waals surface area contributed by atoms with E-state index in [9.17, 15) is 4.79 Å². The summed E-state index contributed by atoms with van der Waals surface area (Å²) in [7, 11) is 0. The maximum absolute atomic E-state index is 10.3. The van der Waals surface area contributed by atoms with Gasteiger partial charge in [0.1, 0.15) is 0 Å². The van der Waals surface area contributed by atoms with Gasteiger partial charge < -0.3 is 10.2 Å². The third-order valence-electron chi connectivity index (χ3n) is 3.49. The molecular weight excluding hydrogens is 280 g/mol. The van der Waals surface area contributed by atoms with Crippen molar-refractivity contribution in [3.63, 3.8) is 0 Å². The zero-order chi connectivity index (χ0) is 17.1. The predicted molar refractivity (Wildman–Crippen MR) is 91.3 cm³/mol. The molecule has 0 bridgehead atoms. The van der Waals surface area contributed by atoms with Crippen molar-refractivity contribution in [1.29, 1.82) is 0 Å². The van der Waals surface area contributed by atoms with Crippen molar-refractivity contribution in [2.75, 3.05) is 0 Å². The summed E-state index contributed by atoms with van der Waals surface area (Å²) >= 11 is 0. The molecule has 0 radical (unpaired) electrons. The van der Waals surface area contributed by atoms with E-state index >= 15 is 0 Å². The van der Waals surface area contributed by atoms with Crippen LogP contribution in [0.2, 0.25) is 0 Å². The molecule has 0 saturated heterocycles. The molecule has 0 aliphatic rings. The lowest BCUT2D eigenvalue weighted by molar-refractivity contribution is -0.137. The van der Waals surface area contributed by atoms with Crippen LogP contribution < -0.4 is 0 Å². The summed E-state index contributed by atoms with van der Waals surface area (Å²) in [6.07, 6.45) is 17.3. The summed E-state index contributed by atoms with van der Waals surface area (Å²) < 4.78 is 0. The number of carbonyl (C=O) groups is 2. The van der Waals surface area contributed by atoms with Crippen LogP contribution in [0.25, 0.3) is 0 Å². The second-order valence-electron chi connectivity index (χ2n) is 5.91. The zero-order valence-corrected chi connectivity index (χ0v) is 14.6. The van der Waals surface area contributed by atoms with Gasteiger partial charge in [0.15, 0.2) is 0 Å². The third kappa shape index (κ3) is 31.4. The van der Waals surface area contributed by atoms with E-state index in [2.05, 4.69) is 6.92 Å². The maximum Gasteiger partial charge on any atom is 0.303 e. The normalized spacial score (nSPS) is 9.91. The fraction of sp³-hybridized carbons (Fsp3) is 0.889. The smallest absolute Gasteiger partial charge is 0.303 e. The van der Waals surface area contributed by atoms with Gasteiger partial charge in [-0.2, -0.15) is 0 Å². The molecule has 0 rings (SSSR count). The van der Waals surface area contributed by atoms with Gasteiger partial charge in [-0.05, 0) is 6.42 Å². The number of hydrogen-bond donors (Lipinski definition) is 2. The Kier molecular flexibility index (Phi) is 21.0. The van der Waals surface area contributed by atoms with E-state index in [0.29, 0.717) is 6.42 Å². The molecule has 0 aliphatic carbocycles. The van der Waals surface area contributed by atoms with Gasteiger partial charge in [-0.1, -0.05) is 84.0 Å². The van der Waals surface area contributed by atoms with Crippen LogP contribution in [0, 0.1) is 0 Å². The predicted octanol–water partition coefficient (Wildman–Crippen LogP) is 5.64. The lowest BCUT2D eigenvalue weighted by Crippen LogP contribution is -1.93. The summed E-state index contributed by atoms with van der Waals surface area (Å²) in [5.41, 5.74) is 0. The van der Waals surface area contributed by atoms with Crippen LogP contribution in [0.3, 0.4) is 0 Å². The molecule has 2 N–H and O–H groups in total. The van der Waals surface area contributed by atoms with Crippen LogP contribution in [0.5, 0.6) is 0 Å². The Morgan fingerprint density at radius 1 is 0.636 bits per heavy atom. The lowest BCUT2D eigenvalue weighted by Gasteiger charge is -2.02. The van der Waals surface area contributed by atoms with Gasteiger partial charge in [0.25, 0.3) is 5.97 Å². The van der Waals surface area contributed by atoms with Crippen molar-refractivity contribution >= 4 is 11.9 Å². The number of unbranched alkanes of at least 4 members (excludes halogenated alkanes) is 12. The van der Waals surface area contributed by atoms with E-state index in [4.69, 9.17) is 15.0 Å². The van der Waals surface area contributed by atoms with Crippen molar-refractivity contribution in [3.05, 3.63) is 0 Å². The Morgan fingerprint density at radius 2 is 0.909 bits per heavy atom. The van der Waals surface area contributed by atoms with Gasteiger partial charge in [-0.25, -0.2) is 0 Å². The minimum absolute atomic E-state index is 0.345. The highest BCUT2D eigenvalue weighted by atomic mass is 16.4. The molecule has 132 valence electrons. The highest BCUT2D eigenvalue weighted by molar-refractivity contribution is 5.66. The molecule has 0 unspecified atom stereocenters. The molecule has 0 atom stereocenters.